The predicted molar refractivity (Wildman–Crippen MR) is 177 cm³/mol. The van der Waals surface area contributed by atoms with E-state index in [2.05, 4.69) is 30.1 Å². The van der Waals surface area contributed by atoms with Gasteiger partial charge in [-0.2, -0.15) is 13.2 Å². The van der Waals surface area contributed by atoms with Crippen LogP contribution in [-0.4, -0.2) is 89.4 Å². The molecule has 1 amide bonds. The van der Waals surface area contributed by atoms with Crippen molar-refractivity contribution in [1.82, 2.24) is 20.1 Å². The maximum atomic E-state index is 14.5. The van der Waals surface area contributed by atoms with Gasteiger partial charge in [0.25, 0.3) is 0 Å². The van der Waals surface area contributed by atoms with Crippen LogP contribution >= 0.6 is 0 Å². The third-order valence-electron chi connectivity index (χ3n) is 10.8. The maximum absolute atomic E-state index is 14.5. The number of carboxylic acids is 1. The third kappa shape index (κ3) is 6.95. The fourth-order valence-electron chi connectivity index (χ4n) is 7.40. The number of piperidine rings is 2. The summed E-state index contributed by atoms with van der Waals surface area (Å²) in [5.41, 5.74) is 2.22. The second kappa shape index (κ2) is 13.4. The number of carbonyl (C=O) groups excluding carboxylic acids is 1. The molecule has 1 atom stereocenters. The molecule has 3 aliphatic heterocycles. The molecule has 0 saturated carbocycles. The SMILES string of the molecule is Cc1cc(CN2CCC(C)(C)CC2)cnc1-c1cccc2c(C[C@H](NC(=O)C3(C(F)(F)F)CCN(C4COC4)CC3)C(=O)O)cccc12. The van der Waals surface area contributed by atoms with Crippen molar-refractivity contribution in [2.45, 2.75) is 77.7 Å². The highest BCUT2D eigenvalue weighted by Crippen LogP contribution is 2.47. The first-order valence-corrected chi connectivity index (χ1v) is 16.9. The highest BCUT2D eigenvalue weighted by Gasteiger charge is 2.61. The molecule has 1 aromatic heterocycles. The summed E-state index contributed by atoms with van der Waals surface area (Å²) < 4.78 is 48.7. The van der Waals surface area contributed by atoms with Crippen molar-refractivity contribution in [1.29, 1.82) is 0 Å². The Morgan fingerprint density at radius 1 is 1.02 bits per heavy atom. The van der Waals surface area contributed by atoms with Crippen molar-refractivity contribution in [2.24, 2.45) is 10.8 Å². The molecule has 48 heavy (non-hydrogen) atoms. The van der Waals surface area contributed by atoms with Crippen LogP contribution in [0.1, 0.15) is 56.2 Å². The number of carboxylic acid groups (broad SMARTS) is 1. The zero-order chi connectivity index (χ0) is 34.3. The molecule has 3 aliphatic rings. The van der Waals surface area contributed by atoms with Crippen molar-refractivity contribution in [2.75, 3.05) is 39.4 Å². The predicted octanol–water partition coefficient (Wildman–Crippen LogP) is 5.99. The zero-order valence-corrected chi connectivity index (χ0v) is 27.9. The zero-order valence-electron chi connectivity index (χ0n) is 27.9. The Hall–Kier alpha value is -3.54. The molecule has 0 unspecified atom stereocenters. The van der Waals surface area contributed by atoms with Crippen molar-refractivity contribution < 1.29 is 32.6 Å². The number of nitrogens with zero attached hydrogens (tertiary/aromatic N) is 3. The van der Waals surface area contributed by atoms with Crippen LogP contribution in [0.2, 0.25) is 0 Å². The van der Waals surface area contributed by atoms with Crippen LogP contribution in [0.4, 0.5) is 13.2 Å². The monoisotopic (exact) mass is 666 g/mol. The van der Waals surface area contributed by atoms with Gasteiger partial charge in [-0.3, -0.25) is 19.6 Å². The van der Waals surface area contributed by atoms with E-state index in [-0.39, 0.29) is 25.6 Å². The van der Waals surface area contributed by atoms with Gasteiger partial charge in [0, 0.05) is 24.7 Å². The highest BCUT2D eigenvalue weighted by molar-refractivity contribution is 5.98. The van der Waals surface area contributed by atoms with E-state index < -0.39 is 42.4 Å². The molecule has 3 aromatic rings. The number of hydrogen-bond acceptors (Lipinski definition) is 6. The van der Waals surface area contributed by atoms with Crippen molar-refractivity contribution >= 4 is 22.6 Å². The second-order valence-corrected chi connectivity index (χ2v) is 14.6. The van der Waals surface area contributed by atoms with E-state index in [0.29, 0.717) is 24.2 Å². The topological polar surface area (TPSA) is 95.0 Å². The van der Waals surface area contributed by atoms with E-state index in [1.807, 2.05) is 42.3 Å². The largest absolute Gasteiger partial charge is 0.480 e. The van der Waals surface area contributed by atoms with Crippen molar-refractivity contribution in [3.05, 3.63) is 65.4 Å². The number of aryl methyl sites for hydroxylation is 1. The molecule has 3 saturated heterocycles. The molecule has 3 fully saturated rings. The number of nitrogens with one attached hydrogen (secondary N) is 1. The summed E-state index contributed by atoms with van der Waals surface area (Å²) in [4.78, 5) is 35.1. The number of hydrogen-bond donors (Lipinski definition) is 2. The van der Waals surface area contributed by atoms with Gasteiger partial charge >= 0.3 is 12.1 Å². The number of halogens is 3. The van der Waals surface area contributed by atoms with E-state index in [1.165, 1.54) is 12.8 Å². The number of fused-ring (bicyclic) bond motifs is 1. The van der Waals surface area contributed by atoms with Gasteiger partial charge in [-0.1, -0.05) is 56.3 Å². The molecule has 2 N–H and O–H groups in total. The molecule has 8 nitrogen and oxygen atoms in total. The Morgan fingerprint density at radius 3 is 2.29 bits per heavy atom. The van der Waals surface area contributed by atoms with Crippen LogP contribution in [0.15, 0.2) is 48.7 Å². The quantitative estimate of drug-likeness (QED) is 0.290. The first-order chi connectivity index (χ1) is 22.8. The first-order valence-electron chi connectivity index (χ1n) is 16.9. The van der Waals surface area contributed by atoms with E-state index >= 15 is 0 Å². The summed E-state index contributed by atoms with van der Waals surface area (Å²) in [5.74, 6) is -2.66. The van der Waals surface area contributed by atoms with Crippen LogP contribution in [0.5, 0.6) is 0 Å². The second-order valence-electron chi connectivity index (χ2n) is 14.6. The molecule has 0 radical (unpaired) electrons. The van der Waals surface area contributed by atoms with Gasteiger partial charge in [0.2, 0.25) is 5.91 Å². The van der Waals surface area contributed by atoms with E-state index in [0.717, 1.165) is 52.8 Å². The molecular formula is C37H45F3N4O4. The molecular weight excluding hydrogens is 621 g/mol. The number of benzene rings is 2. The third-order valence-corrected chi connectivity index (χ3v) is 10.8. The average Bonchev–Trinajstić information content (AvgIpc) is 3.01. The van der Waals surface area contributed by atoms with Crippen molar-refractivity contribution in [3.8, 4) is 11.3 Å². The van der Waals surface area contributed by atoms with Gasteiger partial charge in [-0.05, 0) is 91.7 Å². The number of carbonyl (C=O) groups is 2. The van der Waals surface area contributed by atoms with Crippen LogP contribution in [0.3, 0.4) is 0 Å². The van der Waals surface area contributed by atoms with Gasteiger partial charge < -0.3 is 15.2 Å². The number of aromatic nitrogens is 1. The summed E-state index contributed by atoms with van der Waals surface area (Å²) in [6.07, 6.45) is -1.58. The van der Waals surface area contributed by atoms with Gasteiger partial charge in [0.05, 0.1) is 24.9 Å². The fraction of sp³-hybridized carbons (Fsp3) is 0.541. The molecule has 11 heteroatoms. The fourth-order valence-corrected chi connectivity index (χ4v) is 7.40. The molecule has 258 valence electrons. The first kappa shape index (κ1) is 34.3. The minimum Gasteiger partial charge on any atom is -0.480 e. The lowest BCUT2D eigenvalue weighted by Crippen LogP contribution is -2.61. The highest BCUT2D eigenvalue weighted by atomic mass is 19.4. The summed E-state index contributed by atoms with van der Waals surface area (Å²) in [5, 5.41) is 14.0. The van der Waals surface area contributed by atoms with Crippen LogP contribution in [0.25, 0.3) is 22.0 Å². The summed E-state index contributed by atoms with van der Waals surface area (Å²) in [6, 6.07) is 11.9. The Morgan fingerprint density at radius 2 is 1.69 bits per heavy atom. The number of alkyl halides is 3. The number of pyridine rings is 1. The summed E-state index contributed by atoms with van der Waals surface area (Å²) in [7, 11) is 0. The Labute approximate surface area is 279 Å². The molecule has 4 heterocycles. The maximum Gasteiger partial charge on any atom is 0.403 e. The smallest absolute Gasteiger partial charge is 0.403 e. The number of amides is 1. The lowest BCUT2D eigenvalue weighted by molar-refractivity contribution is -0.236. The summed E-state index contributed by atoms with van der Waals surface area (Å²) in [6.45, 7) is 10.8. The molecule has 0 bridgehead atoms. The van der Waals surface area contributed by atoms with E-state index in [9.17, 15) is 27.9 Å². The Balaban J connectivity index is 1.21. The summed E-state index contributed by atoms with van der Waals surface area (Å²) >= 11 is 0. The van der Waals surface area contributed by atoms with E-state index in [1.54, 1.807) is 12.1 Å². The lowest BCUT2D eigenvalue weighted by Gasteiger charge is -2.46. The Bertz CT molecular complexity index is 1650. The minimum absolute atomic E-state index is 0.0617. The molecule has 0 aliphatic carbocycles. The lowest BCUT2D eigenvalue weighted by atomic mass is 9.76. The molecule has 2 aromatic carbocycles. The Kier molecular flexibility index (Phi) is 9.58. The van der Waals surface area contributed by atoms with Crippen LogP contribution in [0, 0.1) is 17.8 Å². The number of ether oxygens (including phenoxy) is 1. The standard InChI is InChI=1S/C37H45F3N4O4/c1-24-18-25(21-43-14-10-35(2,3)11-15-43)20-41-32(24)30-9-5-7-28-26(6-4-8-29(28)30)19-31(33(45)46)42-34(47)36(37(38,39)40)12-16-44(17-13-36)27-22-48-23-27/h4-9,18,20,27,31H,10-17,19,21-23H2,1-3H3,(H,42,47)(H,45,46)/t31-/m0/s1. The molecule has 0 spiro atoms. The van der Waals surface area contributed by atoms with E-state index in [4.69, 9.17) is 9.72 Å². The van der Waals surface area contributed by atoms with Crippen LogP contribution in [-0.2, 0) is 27.3 Å². The van der Waals surface area contributed by atoms with Gasteiger partial charge in [-0.15, -0.1) is 0 Å². The number of likely N-dealkylation sites (tertiary alicyclic amines) is 2. The average molecular weight is 667 g/mol. The normalized spacial score (nSPS) is 21.0. The van der Waals surface area contributed by atoms with Crippen LogP contribution < -0.4 is 5.32 Å². The molecule has 6 rings (SSSR count). The number of rotatable bonds is 9. The van der Waals surface area contributed by atoms with Gasteiger partial charge in [-0.25, -0.2) is 4.79 Å². The van der Waals surface area contributed by atoms with Gasteiger partial charge in [0.1, 0.15) is 11.5 Å². The van der Waals surface area contributed by atoms with Gasteiger partial charge in [0.15, 0.2) is 0 Å². The van der Waals surface area contributed by atoms with Crippen molar-refractivity contribution in [3.63, 3.8) is 0 Å². The minimum atomic E-state index is -4.82. The number of aliphatic carboxylic acids is 1.